The minimum atomic E-state index is -0.674. The Morgan fingerprint density at radius 1 is 0.973 bits per heavy atom. The summed E-state index contributed by atoms with van der Waals surface area (Å²) in [5.41, 5.74) is 3.21. The molecule has 194 valence electrons. The van der Waals surface area contributed by atoms with Gasteiger partial charge in [-0.1, -0.05) is 25.1 Å². The van der Waals surface area contributed by atoms with E-state index in [0.29, 0.717) is 22.2 Å². The number of carbonyl (C=O) groups excluding carboxylic acids is 3. The molecule has 2 aromatic carbocycles. The molecule has 2 N–H and O–H groups in total. The minimum absolute atomic E-state index is 0.247. The molecule has 1 aromatic heterocycles. The first-order valence-electron chi connectivity index (χ1n) is 12.2. The first-order chi connectivity index (χ1) is 17.9. The topological polar surface area (TPSA) is 103 Å². The van der Waals surface area contributed by atoms with Gasteiger partial charge >= 0.3 is 11.9 Å². The summed E-state index contributed by atoms with van der Waals surface area (Å²) in [5, 5.41) is 6.44. The molecule has 4 rings (SSSR count). The summed E-state index contributed by atoms with van der Waals surface area (Å²) in [4.78, 5) is 38.3. The number of amides is 1. The summed E-state index contributed by atoms with van der Waals surface area (Å²) < 4.78 is 15.8. The number of benzene rings is 2. The number of anilines is 3. The van der Waals surface area contributed by atoms with E-state index in [2.05, 4.69) is 17.6 Å². The van der Waals surface area contributed by atoms with E-state index in [1.165, 1.54) is 11.3 Å². The van der Waals surface area contributed by atoms with Crippen LogP contribution in [0.3, 0.4) is 0 Å². The van der Waals surface area contributed by atoms with Gasteiger partial charge in [-0.15, -0.1) is 11.3 Å². The van der Waals surface area contributed by atoms with Crippen molar-refractivity contribution in [2.45, 2.75) is 33.1 Å². The van der Waals surface area contributed by atoms with E-state index in [9.17, 15) is 14.4 Å². The van der Waals surface area contributed by atoms with Crippen LogP contribution in [0.4, 0.5) is 16.4 Å². The standard InChI is InChI=1S/C28H30N2O6S/c1-3-34-28(33)26-22-14-9-18(2)15-23(22)37-27(26)30-24(31)16-36-25(32)17-35-21-12-10-20(11-13-21)29-19-7-5-4-6-8-19/h4-8,10-13,18,29H,3,9,14-17H2,1-2H3,(H,30,31). The van der Waals surface area contributed by atoms with Crippen LogP contribution in [0.25, 0.3) is 0 Å². The summed E-state index contributed by atoms with van der Waals surface area (Å²) in [7, 11) is 0. The Kier molecular flexibility index (Phi) is 8.79. The Morgan fingerprint density at radius 2 is 1.70 bits per heavy atom. The van der Waals surface area contributed by atoms with E-state index >= 15 is 0 Å². The zero-order chi connectivity index (χ0) is 26.2. The molecular weight excluding hydrogens is 492 g/mol. The first-order valence-corrected chi connectivity index (χ1v) is 13.1. The van der Waals surface area contributed by atoms with Crippen LogP contribution in [0.15, 0.2) is 54.6 Å². The van der Waals surface area contributed by atoms with Crippen molar-refractivity contribution < 1.29 is 28.6 Å². The number of hydrogen-bond acceptors (Lipinski definition) is 8. The lowest BCUT2D eigenvalue weighted by Gasteiger charge is -2.18. The van der Waals surface area contributed by atoms with E-state index in [1.54, 1.807) is 19.1 Å². The Bertz CT molecular complexity index is 1240. The average Bonchev–Trinajstić information content (AvgIpc) is 3.24. The van der Waals surface area contributed by atoms with Crippen molar-refractivity contribution in [2.75, 3.05) is 30.5 Å². The second kappa shape index (κ2) is 12.4. The monoisotopic (exact) mass is 522 g/mol. The van der Waals surface area contributed by atoms with Gasteiger partial charge in [-0.2, -0.15) is 0 Å². The molecule has 1 unspecified atom stereocenters. The molecule has 1 heterocycles. The SMILES string of the molecule is CCOC(=O)c1c(NC(=O)COC(=O)COc2ccc(Nc3ccccc3)cc2)sc2c1CCC(C)C2. The number of carbonyl (C=O) groups is 3. The van der Waals surface area contributed by atoms with E-state index in [0.717, 1.165) is 41.1 Å². The predicted molar refractivity (Wildman–Crippen MR) is 143 cm³/mol. The Labute approximate surface area is 219 Å². The van der Waals surface area contributed by atoms with Gasteiger partial charge in [0.2, 0.25) is 0 Å². The molecule has 0 spiro atoms. The van der Waals surface area contributed by atoms with Gasteiger partial charge in [-0.05, 0) is 74.1 Å². The minimum Gasteiger partial charge on any atom is -0.482 e. The molecule has 1 atom stereocenters. The van der Waals surface area contributed by atoms with Gasteiger partial charge in [0.15, 0.2) is 13.2 Å². The Hall–Kier alpha value is -3.85. The number of esters is 2. The maximum Gasteiger partial charge on any atom is 0.344 e. The van der Waals surface area contributed by atoms with E-state index in [1.807, 2.05) is 42.5 Å². The fourth-order valence-corrected chi connectivity index (χ4v) is 5.49. The smallest absolute Gasteiger partial charge is 0.344 e. The molecule has 0 fully saturated rings. The summed E-state index contributed by atoms with van der Waals surface area (Å²) in [6.45, 7) is 3.34. The second-order valence-electron chi connectivity index (χ2n) is 8.79. The van der Waals surface area contributed by atoms with E-state index in [-0.39, 0.29) is 13.2 Å². The number of ether oxygens (including phenoxy) is 3. The number of thiophene rings is 1. The zero-order valence-corrected chi connectivity index (χ0v) is 21.7. The fraction of sp³-hybridized carbons (Fsp3) is 0.321. The highest BCUT2D eigenvalue weighted by Gasteiger charge is 2.29. The quantitative estimate of drug-likeness (QED) is 0.346. The highest BCUT2D eigenvalue weighted by Crippen LogP contribution is 2.40. The molecular formula is C28H30N2O6S. The maximum atomic E-state index is 12.6. The molecule has 0 bridgehead atoms. The predicted octanol–water partition coefficient (Wildman–Crippen LogP) is 5.35. The first kappa shape index (κ1) is 26.2. The molecule has 0 radical (unpaired) electrons. The molecule has 37 heavy (non-hydrogen) atoms. The van der Waals surface area contributed by atoms with Crippen LogP contribution in [-0.2, 0) is 31.9 Å². The van der Waals surface area contributed by atoms with E-state index in [4.69, 9.17) is 14.2 Å². The van der Waals surface area contributed by atoms with Gasteiger partial charge in [0.05, 0.1) is 12.2 Å². The van der Waals surface area contributed by atoms with E-state index < -0.39 is 24.5 Å². The van der Waals surface area contributed by atoms with Crippen molar-refractivity contribution >= 4 is 45.6 Å². The fourth-order valence-electron chi connectivity index (χ4n) is 4.07. The molecule has 9 heteroatoms. The summed E-state index contributed by atoms with van der Waals surface area (Å²) in [6.07, 6.45) is 2.61. The number of nitrogens with one attached hydrogen (secondary N) is 2. The number of rotatable bonds is 10. The van der Waals surface area contributed by atoms with Crippen molar-refractivity contribution in [2.24, 2.45) is 5.92 Å². The molecule has 0 saturated heterocycles. The van der Waals surface area contributed by atoms with Gasteiger partial charge in [0.1, 0.15) is 10.8 Å². The second-order valence-corrected chi connectivity index (χ2v) is 9.89. The van der Waals surface area contributed by atoms with Gasteiger partial charge in [0, 0.05) is 16.3 Å². The summed E-state index contributed by atoms with van der Waals surface area (Å²) >= 11 is 1.39. The maximum absolute atomic E-state index is 12.6. The highest BCUT2D eigenvalue weighted by atomic mass is 32.1. The van der Waals surface area contributed by atoms with Crippen LogP contribution >= 0.6 is 11.3 Å². The van der Waals surface area contributed by atoms with Gasteiger partial charge in [-0.25, -0.2) is 9.59 Å². The third-order valence-electron chi connectivity index (χ3n) is 5.88. The van der Waals surface area contributed by atoms with Gasteiger partial charge < -0.3 is 24.8 Å². The van der Waals surface area contributed by atoms with Crippen LogP contribution in [0, 0.1) is 5.92 Å². The number of hydrogen-bond donors (Lipinski definition) is 2. The molecule has 1 aliphatic carbocycles. The normalized spacial score (nSPS) is 14.3. The lowest BCUT2D eigenvalue weighted by molar-refractivity contribution is -0.149. The molecule has 3 aromatic rings. The van der Waals surface area contributed by atoms with Crippen LogP contribution in [0.5, 0.6) is 5.75 Å². The number of para-hydroxylation sites is 1. The third kappa shape index (κ3) is 7.10. The molecule has 1 aliphatic rings. The highest BCUT2D eigenvalue weighted by molar-refractivity contribution is 7.17. The lowest BCUT2D eigenvalue weighted by Crippen LogP contribution is -2.24. The Balaban J connectivity index is 1.26. The summed E-state index contributed by atoms with van der Waals surface area (Å²) in [5.74, 6) is -0.631. The molecule has 1 amide bonds. The lowest BCUT2D eigenvalue weighted by atomic mass is 9.88. The van der Waals surface area contributed by atoms with Gasteiger partial charge in [0.25, 0.3) is 5.91 Å². The van der Waals surface area contributed by atoms with Crippen molar-refractivity contribution in [1.82, 2.24) is 0 Å². The van der Waals surface area contributed by atoms with Crippen LogP contribution in [0.1, 0.15) is 41.1 Å². The molecule has 0 aliphatic heterocycles. The zero-order valence-electron chi connectivity index (χ0n) is 20.9. The van der Waals surface area contributed by atoms with Crippen molar-refractivity contribution in [1.29, 1.82) is 0 Å². The van der Waals surface area contributed by atoms with Crippen molar-refractivity contribution in [3.8, 4) is 5.75 Å². The Morgan fingerprint density at radius 3 is 2.43 bits per heavy atom. The molecule has 8 nitrogen and oxygen atoms in total. The van der Waals surface area contributed by atoms with Crippen LogP contribution in [-0.4, -0.2) is 37.7 Å². The van der Waals surface area contributed by atoms with Gasteiger partial charge in [-0.3, -0.25) is 4.79 Å². The average molecular weight is 523 g/mol. The largest absolute Gasteiger partial charge is 0.482 e. The summed E-state index contributed by atoms with van der Waals surface area (Å²) in [6, 6.07) is 16.9. The molecule has 0 saturated carbocycles. The van der Waals surface area contributed by atoms with Crippen LogP contribution < -0.4 is 15.4 Å². The third-order valence-corrected chi connectivity index (χ3v) is 7.05. The van der Waals surface area contributed by atoms with Crippen LogP contribution in [0.2, 0.25) is 0 Å². The van der Waals surface area contributed by atoms with Crippen molar-refractivity contribution in [3.63, 3.8) is 0 Å². The van der Waals surface area contributed by atoms with Crippen molar-refractivity contribution in [3.05, 3.63) is 70.6 Å². The number of fused-ring (bicyclic) bond motifs is 1.